The number of hydrogen-bond acceptors (Lipinski definition) is 4. The summed E-state index contributed by atoms with van der Waals surface area (Å²) in [5.41, 5.74) is 1.89. The Hall–Kier alpha value is -2.93. The summed E-state index contributed by atoms with van der Waals surface area (Å²) < 4.78 is 7.78. The molecule has 2 N–H and O–H groups in total. The predicted octanol–water partition coefficient (Wildman–Crippen LogP) is 4.57. The number of thioether (sulfide) groups is 1. The highest BCUT2D eigenvalue weighted by Gasteiger charge is 2.11. The maximum absolute atomic E-state index is 12.4. The number of para-hydroxylation sites is 2. The molecule has 0 saturated carbocycles. The van der Waals surface area contributed by atoms with Crippen molar-refractivity contribution in [3.63, 3.8) is 0 Å². The molecule has 0 aliphatic heterocycles. The molecule has 7 heteroatoms. The van der Waals surface area contributed by atoms with Crippen LogP contribution in [0, 0.1) is 6.92 Å². The Morgan fingerprint density at radius 2 is 2.00 bits per heavy atom. The molecule has 0 aliphatic rings. The summed E-state index contributed by atoms with van der Waals surface area (Å²) in [4.78, 5) is 17.6. The van der Waals surface area contributed by atoms with Crippen molar-refractivity contribution in [2.45, 2.75) is 31.3 Å². The van der Waals surface area contributed by atoms with E-state index in [1.54, 1.807) is 24.3 Å². The Balaban J connectivity index is 1.46. The van der Waals surface area contributed by atoms with Gasteiger partial charge in [-0.15, -0.1) is 11.8 Å². The molecule has 29 heavy (non-hydrogen) atoms. The van der Waals surface area contributed by atoms with Crippen LogP contribution in [-0.2, 0) is 6.54 Å². The van der Waals surface area contributed by atoms with Gasteiger partial charge in [-0.25, -0.2) is 9.78 Å². The molecule has 1 unspecified atom stereocenters. The number of hydrogen-bond donors (Lipinski definition) is 2. The lowest BCUT2D eigenvalue weighted by Crippen LogP contribution is -2.37. The van der Waals surface area contributed by atoms with Crippen molar-refractivity contribution < 1.29 is 9.53 Å². The fraction of sp³-hybridized carbons (Fsp3) is 0.273. The van der Waals surface area contributed by atoms with Gasteiger partial charge in [-0.05, 0) is 38.1 Å². The van der Waals surface area contributed by atoms with Gasteiger partial charge in [-0.1, -0.05) is 29.8 Å². The van der Waals surface area contributed by atoms with Crippen molar-refractivity contribution in [1.29, 1.82) is 0 Å². The van der Waals surface area contributed by atoms with E-state index in [1.807, 2.05) is 42.0 Å². The number of amides is 2. The Morgan fingerprint density at radius 3 is 2.76 bits per heavy atom. The van der Waals surface area contributed by atoms with Crippen LogP contribution in [0.3, 0.4) is 0 Å². The minimum atomic E-state index is -0.243. The lowest BCUT2D eigenvalue weighted by atomic mass is 10.2. The second-order valence-electron chi connectivity index (χ2n) is 6.77. The molecule has 2 aromatic carbocycles. The number of carbonyl (C=O) groups excluding carboxylic acids is 1. The molecule has 3 aromatic rings. The van der Waals surface area contributed by atoms with Crippen LogP contribution < -0.4 is 15.4 Å². The molecule has 1 atom stereocenters. The number of nitrogens with one attached hydrogen (secondary N) is 2. The zero-order chi connectivity index (χ0) is 20.5. The first-order valence-electron chi connectivity index (χ1n) is 9.55. The number of urea groups is 1. The number of aryl methyl sites for hydroxylation is 1. The van der Waals surface area contributed by atoms with Crippen LogP contribution in [0.4, 0.5) is 10.5 Å². The fourth-order valence-corrected chi connectivity index (χ4v) is 3.51. The summed E-state index contributed by atoms with van der Waals surface area (Å²) in [7, 11) is 0. The predicted molar refractivity (Wildman–Crippen MR) is 118 cm³/mol. The number of aromatic nitrogens is 2. The second-order valence-corrected chi connectivity index (χ2v) is 7.86. The highest BCUT2D eigenvalue weighted by molar-refractivity contribution is 7.99. The SMILES string of the molecule is Cc1ccc(SCC(C)NC(=O)Nc2ccccc2OCCn2ccnc2)cc1. The van der Waals surface area contributed by atoms with E-state index in [1.165, 1.54) is 10.5 Å². The number of rotatable bonds is 9. The quantitative estimate of drug-likeness (QED) is 0.507. The third-order valence-corrected chi connectivity index (χ3v) is 5.47. The Labute approximate surface area is 175 Å². The largest absolute Gasteiger partial charge is 0.490 e. The molecule has 1 heterocycles. The summed E-state index contributed by atoms with van der Waals surface area (Å²) in [5.74, 6) is 1.43. The number of benzene rings is 2. The van der Waals surface area contributed by atoms with E-state index in [2.05, 4.69) is 46.8 Å². The number of nitrogens with zero attached hydrogens (tertiary/aromatic N) is 2. The van der Waals surface area contributed by atoms with E-state index >= 15 is 0 Å². The minimum Gasteiger partial charge on any atom is -0.490 e. The maximum atomic E-state index is 12.4. The van der Waals surface area contributed by atoms with Gasteiger partial charge in [-0.2, -0.15) is 0 Å². The van der Waals surface area contributed by atoms with Crippen LogP contribution in [0.1, 0.15) is 12.5 Å². The first-order chi connectivity index (χ1) is 14.1. The van der Waals surface area contributed by atoms with Crippen LogP contribution in [0.5, 0.6) is 5.75 Å². The van der Waals surface area contributed by atoms with Crippen molar-refractivity contribution in [2.24, 2.45) is 0 Å². The van der Waals surface area contributed by atoms with Gasteiger partial charge in [0.1, 0.15) is 12.4 Å². The third kappa shape index (κ3) is 6.87. The first kappa shape index (κ1) is 20.8. The normalized spacial score (nSPS) is 11.7. The average molecular weight is 411 g/mol. The van der Waals surface area contributed by atoms with E-state index in [0.717, 1.165) is 5.75 Å². The third-order valence-electron chi connectivity index (χ3n) is 4.20. The molecule has 0 radical (unpaired) electrons. The Kier molecular flexibility index (Phi) is 7.58. The van der Waals surface area contributed by atoms with Gasteiger partial charge in [0, 0.05) is 29.1 Å². The number of carbonyl (C=O) groups is 1. The Morgan fingerprint density at radius 1 is 1.21 bits per heavy atom. The molecule has 0 aliphatic carbocycles. The van der Waals surface area contributed by atoms with Crippen molar-refractivity contribution in [2.75, 3.05) is 17.7 Å². The standard InChI is InChI=1S/C22H26N4O2S/c1-17-7-9-19(10-8-17)29-15-18(2)24-22(27)25-20-5-3-4-6-21(20)28-14-13-26-12-11-23-16-26/h3-12,16,18H,13-15H2,1-2H3,(H2,24,25,27). The maximum Gasteiger partial charge on any atom is 0.319 e. The molecule has 0 fully saturated rings. The van der Waals surface area contributed by atoms with Crippen LogP contribution in [0.25, 0.3) is 0 Å². The molecule has 3 rings (SSSR count). The monoisotopic (exact) mass is 410 g/mol. The van der Waals surface area contributed by atoms with Gasteiger partial charge < -0.3 is 19.9 Å². The van der Waals surface area contributed by atoms with E-state index in [-0.39, 0.29) is 12.1 Å². The molecule has 2 amide bonds. The van der Waals surface area contributed by atoms with Gasteiger partial charge in [0.15, 0.2) is 0 Å². The summed E-state index contributed by atoms with van der Waals surface area (Å²) >= 11 is 1.72. The molecule has 1 aromatic heterocycles. The van der Waals surface area contributed by atoms with Crippen LogP contribution >= 0.6 is 11.8 Å². The highest BCUT2D eigenvalue weighted by Crippen LogP contribution is 2.24. The lowest BCUT2D eigenvalue weighted by molar-refractivity contribution is 0.249. The second kappa shape index (κ2) is 10.6. The number of ether oxygens (including phenoxy) is 1. The molecular formula is C22H26N4O2S. The fourth-order valence-electron chi connectivity index (χ4n) is 2.66. The van der Waals surface area contributed by atoms with Gasteiger partial charge in [0.05, 0.1) is 18.6 Å². The minimum absolute atomic E-state index is 0.0237. The zero-order valence-electron chi connectivity index (χ0n) is 16.7. The van der Waals surface area contributed by atoms with Crippen molar-refractivity contribution in [1.82, 2.24) is 14.9 Å². The molecule has 152 valence electrons. The summed E-state index contributed by atoms with van der Waals surface area (Å²) in [6.45, 7) is 5.24. The van der Waals surface area contributed by atoms with E-state index in [9.17, 15) is 4.79 Å². The number of anilines is 1. The van der Waals surface area contributed by atoms with Crippen LogP contribution in [0.15, 0.2) is 72.1 Å². The van der Waals surface area contributed by atoms with Crippen LogP contribution in [0.2, 0.25) is 0 Å². The van der Waals surface area contributed by atoms with Gasteiger partial charge in [-0.3, -0.25) is 0 Å². The molecule has 0 bridgehead atoms. The highest BCUT2D eigenvalue weighted by atomic mass is 32.2. The molecule has 0 saturated heterocycles. The van der Waals surface area contributed by atoms with Gasteiger partial charge >= 0.3 is 6.03 Å². The van der Waals surface area contributed by atoms with E-state index in [0.29, 0.717) is 24.6 Å². The molecule has 0 spiro atoms. The van der Waals surface area contributed by atoms with Gasteiger partial charge in [0.25, 0.3) is 0 Å². The van der Waals surface area contributed by atoms with E-state index in [4.69, 9.17) is 4.74 Å². The summed E-state index contributed by atoms with van der Waals surface area (Å²) in [6.07, 6.45) is 5.37. The van der Waals surface area contributed by atoms with Crippen molar-refractivity contribution >= 4 is 23.5 Å². The zero-order valence-corrected chi connectivity index (χ0v) is 17.5. The lowest BCUT2D eigenvalue weighted by Gasteiger charge is -2.16. The van der Waals surface area contributed by atoms with Crippen LogP contribution in [-0.4, -0.2) is 34.0 Å². The first-order valence-corrected chi connectivity index (χ1v) is 10.5. The smallest absolute Gasteiger partial charge is 0.319 e. The summed E-state index contributed by atoms with van der Waals surface area (Å²) in [5, 5.41) is 5.86. The average Bonchev–Trinajstić information content (AvgIpc) is 3.22. The molecular weight excluding hydrogens is 384 g/mol. The van der Waals surface area contributed by atoms with E-state index < -0.39 is 0 Å². The molecule has 6 nitrogen and oxygen atoms in total. The van der Waals surface area contributed by atoms with Crippen molar-refractivity contribution in [3.8, 4) is 5.75 Å². The topological polar surface area (TPSA) is 68.2 Å². The van der Waals surface area contributed by atoms with Gasteiger partial charge in [0.2, 0.25) is 0 Å². The number of imidazole rings is 1. The Bertz CT molecular complexity index is 897. The van der Waals surface area contributed by atoms with Crippen molar-refractivity contribution in [3.05, 3.63) is 72.8 Å². The summed E-state index contributed by atoms with van der Waals surface area (Å²) in [6, 6.07) is 15.6.